The van der Waals surface area contributed by atoms with Gasteiger partial charge in [-0.2, -0.15) is 10.1 Å². The Morgan fingerprint density at radius 3 is 2.71 bits per heavy atom. The summed E-state index contributed by atoms with van der Waals surface area (Å²) in [5, 5.41) is 8.53. The van der Waals surface area contributed by atoms with E-state index in [1.165, 1.54) is 5.56 Å². The molecule has 2 atom stereocenters. The summed E-state index contributed by atoms with van der Waals surface area (Å²) >= 11 is 0. The summed E-state index contributed by atoms with van der Waals surface area (Å²) in [6, 6.07) is 9.83. The summed E-state index contributed by atoms with van der Waals surface area (Å²) in [7, 11) is 0. The van der Waals surface area contributed by atoms with Crippen molar-refractivity contribution in [3.05, 3.63) is 65.6 Å². The number of aryl methyl sites for hydroxylation is 1. The van der Waals surface area contributed by atoms with Crippen molar-refractivity contribution in [3.63, 3.8) is 0 Å². The second-order valence-corrected chi connectivity index (χ2v) is 9.14. The minimum atomic E-state index is -0.334. The molecule has 2 aliphatic rings. The maximum absolute atomic E-state index is 13.1. The van der Waals surface area contributed by atoms with E-state index in [0.29, 0.717) is 30.8 Å². The van der Waals surface area contributed by atoms with Gasteiger partial charge in [-0.1, -0.05) is 23.4 Å². The number of hydrogen-bond acceptors (Lipinski definition) is 6. The van der Waals surface area contributed by atoms with Crippen LogP contribution in [0, 0.1) is 12.8 Å². The number of carbonyl (C=O) groups excluding carboxylic acids is 1. The molecule has 2 fully saturated rings. The molecule has 0 aliphatic carbocycles. The average molecular weight is 421 g/mol. The van der Waals surface area contributed by atoms with Gasteiger partial charge in [0.1, 0.15) is 0 Å². The van der Waals surface area contributed by atoms with Gasteiger partial charge in [0.2, 0.25) is 5.89 Å². The van der Waals surface area contributed by atoms with Crippen molar-refractivity contribution < 1.29 is 9.32 Å². The maximum atomic E-state index is 13.1. The van der Waals surface area contributed by atoms with Gasteiger partial charge < -0.3 is 9.42 Å². The quantitative estimate of drug-likeness (QED) is 0.631. The van der Waals surface area contributed by atoms with Crippen LogP contribution in [-0.2, 0) is 12.0 Å². The highest BCUT2D eigenvalue weighted by Crippen LogP contribution is 2.45. The molecule has 0 saturated carbocycles. The summed E-state index contributed by atoms with van der Waals surface area (Å²) in [6.07, 6.45) is 4.07. The van der Waals surface area contributed by atoms with Crippen molar-refractivity contribution in [3.8, 4) is 0 Å². The number of carbonyl (C=O) groups is 1. The van der Waals surface area contributed by atoms with Crippen molar-refractivity contribution in [1.29, 1.82) is 0 Å². The minimum Gasteiger partial charge on any atom is -0.339 e. The van der Waals surface area contributed by atoms with Crippen LogP contribution >= 0.6 is 0 Å². The number of nitrogens with zero attached hydrogens (tertiary/aromatic N) is 6. The van der Waals surface area contributed by atoms with E-state index in [1.807, 2.05) is 53.0 Å². The number of rotatable bonds is 5. The van der Waals surface area contributed by atoms with Crippen LogP contribution in [0.1, 0.15) is 47.5 Å². The molecule has 0 radical (unpaired) electrons. The van der Waals surface area contributed by atoms with Gasteiger partial charge in [-0.15, -0.1) is 0 Å². The van der Waals surface area contributed by atoms with E-state index in [-0.39, 0.29) is 17.2 Å². The molecule has 162 valence electrons. The number of amides is 1. The lowest BCUT2D eigenvalue weighted by Gasteiger charge is -2.26. The van der Waals surface area contributed by atoms with Gasteiger partial charge in [0.15, 0.2) is 5.82 Å². The van der Waals surface area contributed by atoms with E-state index in [0.717, 1.165) is 25.2 Å². The lowest BCUT2D eigenvalue weighted by atomic mass is 9.81. The van der Waals surface area contributed by atoms with E-state index >= 15 is 0 Å². The molecule has 31 heavy (non-hydrogen) atoms. The van der Waals surface area contributed by atoms with Crippen LogP contribution in [0.15, 0.2) is 47.2 Å². The normalized spacial score (nSPS) is 23.6. The van der Waals surface area contributed by atoms with Gasteiger partial charge >= 0.3 is 0 Å². The second-order valence-electron chi connectivity index (χ2n) is 9.14. The fraction of sp³-hybridized carbons (Fsp3) is 0.478. The molecule has 2 aromatic heterocycles. The number of hydrogen-bond donors (Lipinski definition) is 0. The maximum Gasteiger partial charge on any atom is 0.253 e. The predicted molar refractivity (Wildman–Crippen MR) is 114 cm³/mol. The Morgan fingerprint density at radius 1 is 1.23 bits per heavy atom. The number of benzene rings is 1. The van der Waals surface area contributed by atoms with Crippen LogP contribution in [0.3, 0.4) is 0 Å². The van der Waals surface area contributed by atoms with E-state index < -0.39 is 0 Å². The Labute approximate surface area is 181 Å². The smallest absolute Gasteiger partial charge is 0.253 e. The highest BCUT2D eigenvalue weighted by atomic mass is 16.5. The van der Waals surface area contributed by atoms with Gasteiger partial charge in [0.05, 0.1) is 11.6 Å². The molecular formula is C23H28N6O2. The van der Waals surface area contributed by atoms with E-state index in [4.69, 9.17) is 4.52 Å². The summed E-state index contributed by atoms with van der Waals surface area (Å²) in [6.45, 7) is 9.87. The van der Waals surface area contributed by atoms with Gasteiger partial charge in [0.25, 0.3) is 5.91 Å². The van der Waals surface area contributed by atoms with Gasteiger partial charge in [-0.3, -0.25) is 14.4 Å². The first-order chi connectivity index (χ1) is 14.9. The minimum absolute atomic E-state index is 0.0652. The SMILES string of the molecule is Cc1noc([C@]23CN(Cc4cnn(C(C)C)c4)C[C@H]2CN(C(=O)c2ccccc2)C3)n1. The third kappa shape index (κ3) is 3.54. The van der Waals surface area contributed by atoms with Crippen LogP contribution in [0.25, 0.3) is 0 Å². The topological polar surface area (TPSA) is 80.3 Å². The van der Waals surface area contributed by atoms with Crippen molar-refractivity contribution in [2.45, 2.75) is 38.8 Å². The standard InChI is InChI=1S/C23H28N6O2/c1-16(2)29-11-18(9-24-29)10-27-12-20-13-28(21(30)19-7-5-4-6-8-19)15-23(20,14-27)22-25-17(3)26-31-22/h4-9,11,16,20H,10,12-15H2,1-3H3/t20-,23-/m0/s1. The first-order valence-corrected chi connectivity index (χ1v) is 10.8. The van der Waals surface area contributed by atoms with E-state index in [9.17, 15) is 4.79 Å². The molecule has 5 rings (SSSR count). The van der Waals surface area contributed by atoms with E-state index in [2.05, 4.69) is 40.2 Å². The Kier molecular flexibility index (Phi) is 4.89. The molecule has 0 N–H and O–H groups in total. The van der Waals surface area contributed by atoms with E-state index in [1.54, 1.807) is 0 Å². The van der Waals surface area contributed by atoms with Gasteiger partial charge in [0, 0.05) is 62.0 Å². The van der Waals surface area contributed by atoms with Crippen LogP contribution in [0.5, 0.6) is 0 Å². The predicted octanol–water partition coefficient (Wildman–Crippen LogP) is 2.68. The second kappa shape index (κ2) is 7.60. The summed E-state index contributed by atoms with van der Waals surface area (Å²) < 4.78 is 7.67. The van der Waals surface area contributed by atoms with Crippen molar-refractivity contribution in [1.82, 2.24) is 29.7 Å². The third-order valence-corrected chi connectivity index (χ3v) is 6.53. The Balaban J connectivity index is 1.39. The number of aromatic nitrogens is 4. The van der Waals surface area contributed by atoms with Crippen molar-refractivity contribution in [2.24, 2.45) is 5.92 Å². The molecule has 0 bridgehead atoms. The van der Waals surface area contributed by atoms with Crippen molar-refractivity contribution in [2.75, 3.05) is 26.2 Å². The zero-order chi connectivity index (χ0) is 21.6. The Morgan fingerprint density at radius 2 is 2.03 bits per heavy atom. The molecule has 3 aromatic rings. The Hall–Kier alpha value is -3.00. The zero-order valence-electron chi connectivity index (χ0n) is 18.2. The van der Waals surface area contributed by atoms with Crippen molar-refractivity contribution >= 4 is 5.91 Å². The summed E-state index contributed by atoms with van der Waals surface area (Å²) in [4.78, 5) is 22.1. The monoisotopic (exact) mass is 420 g/mol. The van der Waals surface area contributed by atoms with Crippen LogP contribution in [-0.4, -0.2) is 61.8 Å². The largest absolute Gasteiger partial charge is 0.339 e. The summed E-state index contributed by atoms with van der Waals surface area (Å²) in [5.74, 6) is 1.60. The molecule has 8 nitrogen and oxygen atoms in total. The highest BCUT2D eigenvalue weighted by Gasteiger charge is 2.57. The number of likely N-dealkylation sites (tertiary alicyclic amines) is 2. The molecule has 0 spiro atoms. The lowest BCUT2D eigenvalue weighted by molar-refractivity contribution is 0.0766. The fourth-order valence-electron chi connectivity index (χ4n) is 5.01. The third-order valence-electron chi connectivity index (χ3n) is 6.53. The molecule has 1 aromatic carbocycles. The zero-order valence-corrected chi connectivity index (χ0v) is 18.2. The van der Waals surface area contributed by atoms with Gasteiger partial charge in [-0.25, -0.2) is 0 Å². The first-order valence-electron chi connectivity index (χ1n) is 10.8. The number of fused-ring (bicyclic) bond motifs is 1. The molecule has 0 unspecified atom stereocenters. The lowest BCUT2D eigenvalue weighted by Crippen LogP contribution is -2.39. The van der Waals surface area contributed by atoms with Crippen LogP contribution in [0.4, 0.5) is 0 Å². The molecule has 4 heterocycles. The molecular weight excluding hydrogens is 392 g/mol. The molecule has 1 amide bonds. The Bertz CT molecular complexity index is 1070. The fourth-order valence-corrected chi connectivity index (χ4v) is 5.01. The summed E-state index contributed by atoms with van der Waals surface area (Å²) in [5.41, 5.74) is 1.58. The molecule has 2 saturated heterocycles. The molecule has 2 aliphatic heterocycles. The van der Waals surface area contributed by atoms with Crippen LogP contribution in [0.2, 0.25) is 0 Å². The average Bonchev–Trinajstić information content (AvgIpc) is 3.51. The van der Waals surface area contributed by atoms with Crippen LogP contribution < -0.4 is 0 Å². The first kappa shape index (κ1) is 19.9. The van der Waals surface area contributed by atoms with Gasteiger partial charge in [-0.05, 0) is 32.9 Å². The highest BCUT2D eigenvalue weighted by molar-refractivity contribution is 5.94. The molecule has 8 heteroatoms.